The van der Waals surface area contributed by atoms with Gasteiger partial charge in [-0.2, -0.15) is 5.26 Å². The van der Waals surface area contributed by atoms with Gasteiger partial charge in [0.15, 0.2) is 0 Å². The lowest BCUT2D eigenvalue weighted by Gasteiger charge is -2.26. The van der Waals surface area contributed by atoms with Crippen molar-refractivity contribution in [3.05, 3.63) is 29.6 Å². The van der Waals surface area contributed by atoms with Crippen molar-refractivity contribution in [3.8, 4) is 6.07 Å². The molecule has 1 aliphatic heterocycles. The standard InChI is InChI=1S/C14H18N4O/c1-17(2)10-12-4-3-7-18(12)14(19)13-6-5-11(8-15)9-16-13/h5-6,9,12H,3-4,7,10H2,1-2H3. The molecule has 0 aliphatic carbocycles. The Kier molecular flexibility index (Phi) is 4.13. The second-order valence-corrected chi connectivity index (χ2v) is 5.10. The van der Waals surface area contributed by atoms with E-state index in [0.717, 1.165) is 25.9 Å². The molecule has 0 aromatic carbocycles. The van der Waals surface area contributed by atoms with E-state index in [4.69, 9.17) is 5.26 Å². The van der Waals surface area contributed by atoms with Crippen LogP contribution in [0.3, 0.4) is 0 Å². The van der Waals surface area contributed by atoms with Crippen LogP contribution < -0.4 is 0 Å². The number of carbonyl (C=O) groups excluding carboxylic acids is 1. The van der Waals surface area contributed by atoms with Gasteiger partial charge in [0.1, 0.15) is 11.8 Å². The summed E-state index contributed by atoms with van der Waals surface area (Å²) in [4.78, 5) is 20.5. The van der Waals surface area contributed by atoms with Gasteiger partial charge in [0.25, 0.3) is 5.91 Å². The molecule has 2 heterocycles. The summed E-state index contributed by atoms with van der Waals surface area (Å²) in [6.45, 7) is 1.67. The van der Waals surface area contributed by atoms with Crippen LogP contribution in [0.5, 0.6) is 0 Å². The Bertz CT molecular complexity index is 489. The van der Waals surface area contributed by atoms with Crippen molar-refractivity contribution in [2.24, 2.45) is 0 Å². The lowest BCUT2D eigenvalue weighted by molar-refractivity contribution is 0.0710. The SMILES string of the molecule is CN(C)CC1CCCN1C(=O)c1ccc(C#N)cn1. The van der Waals surface area contributed by atoms with Gasteiger partial charge >= 0.3 is 0 Å². The highest BCUT2D eigenvalue weighted by atomic mass is 16.2. The molecule has 19 heavy (non-hydrogen) atoms. The molecule has 5 heteroatoms. The first-order valence-electron chi connectivity index (χ1n) is 6.43. The average Bonchev–Trinajstić information content (AvgIpc) is 2.85. The fourth-order valence-corrected chi connectivity index (χ4v) is 2.45. The highest BCUT2D eigenvalue weighted by Gasteiger charge is 2.30. The van der Waals surface area contributed by atoms with Gasteiger partial charge in [-0.15, -0.1) is 0 Å². The average molecular weight is 258 g/mol. The third-order valence-electron chi connectivity index (χ3n) is 3.33. The Morgan fingerprint density at radius 1 is 1.58 bits per heavy atom. The summed E-state index contributed by atoms with van der Waals surface area (Å²) in [6.07, 6.45) is 3.53. The van der Waals surface area contributed by atoms with Crippen LogP contribution in [0.4, 0.5) is 0 Å². The molecular formula is C14H18N4O. The fraction of sp³-hybridized carbons (Fsp3) is 0.500. The molecule has 0 bridgehead atoms. The van der Waals surface area contributed by atoms with Crippen molar-refractivity contribution in [1.82, 2.24) is 14.8 Å². The summed E-state index contributed by atoms with van der Waals surface area (Å²) in [7, 11) is 4.03. The van der Waals surface area contributed by atoms with Gasteiger partial charge in [0.05, 0.1) is 5.56 Å². The minimum atomic E-state index is -0.0335. The maximum Gasteiger partial charge on any atom is 0.272 e. The van der Waals surface area contributed by atoms with E-state index >= 15 is 0 Å². The summed E-state index contributed by atoms with van der Waals surface area (Å²) in [6, 6.07) is 5.53. The second-order valence-electron chi connectivity index (χ2n) is 5.10. The number of carbonyl (C=O) groups is 1. The molecule has 1 aliphatic rings. The largest absolute Gasteiger partial charge is 0.333 e. The number of likely N-dealkylation sites (tertiary alicyclic amines) is 1. The Morgan fingerprint density at radius 3 is 2.95 bits per heavy atom. The first-order valence-corrected chi connectivity index (χ1v) is 6.43. The molecule has 1 unspecified atom stereocenters. The highest BCUT2D eigenvalue weighted by Crippen LogP contribution is 2.20. The van der Waals surface area contributed by atoms with Crippen LogP contribution >= 0.6 is 0 Å². The van der Waals surface area contributed by atoms with Crippen LogP contribution in [0.25, 0.3) is 0 Å². The van der Waals surface area contributed by atoms with E-state index in [2.05, 4.69) is 9.88 Å². The minimum absolute atomic E-state index is 0.0335. The first-order chi connectivity index (χ1) is 9.11. The normalized spacial score (nSPS) is 18.6. The molecule has 0 saturated carbocycles. The maximum atomic E-state index is 12.4. The molecule has 1 fully saturated rings. The van der Waals surface area contributed by atoms with Crippen LogP contribution in [-0.4, -0.2) is 53.9 Å². The fourth-order valence-electron chi connectivity index (χ4n) is 2.45. The Labute approximate surface area is 113 Å². The third-order valence-corrected chi connectivity index (χ3v) is 3.33. The van der Waals surface area contributed by atoms with E-state index in [1.807, 2.05) is 25.1 Å². The molecule has 1 aromatic rings. The highest BCUT2D eigenvalue weighted by molar-refractivity contribution is 5.92. The van der Waals surface area contributed by atoms with Crippen molar-refractivity contribution in [3.63, 3.8) is 0 Å². The van der Waals surface area contributed by atoms with Gasteiger partial charge in [-0.1, -0.05) is 0 Å². The number of hydrogen-bond acceptors (Lipinski definition) is 4. The zero-order chi connectivity index (χ0) is 13.8. The molecule has 1 aromatic heterocycles. The smallest absolute Gasteiger partial charge is 0.272 e. The lowest BCUT2D eigenvalue weighted by atomic mass is 10.2. The number of rotatable bonds is 3. The lowest BCUT2D eigenvalue weighted by Crippen LogP contribution is -2.41. The van der Waals surface area contributed by atoms with E-state index in [9.17, 15) is 4.79 Å². The second kappa shape index (κ2) is 5.81. The van der Waals surface area contributed by atoms with E-state index in [1.165, 1.54) is 6.20 Å². The molecule has 5 nitrogen and oxygen atoms in total. The monoisotopic (exact) mass is 258 g/mol. The molecule has 1 saturated heterocycles. The summed E-state index contributed by atoms with van der Waals surface area (Å²) < 4.78 is 0. The Morgan fingerprint density at radius 2 is 2.37 bits per heavy atom. The molecule has 0 radical (unpaired) electrons. The van der Waals surface area contributed by atoms with Crippen molar-refractivity contribution >= 4 is 5.91 Å². The quantitative estimate of drug-likeness (QED) is 0.815. The first kappa shape index (κ1) is 13.5. The zero-order valence-electron chi connectivity index (χ0n) is 11.3. The van der Waals surface area contributed by atoms with Gasteiger partial charge in [0, 0.05) is 25.3 Å². The van der Waals surface area contributed by atoms with E-state index in [-0.39, 0.29) is 11.9 Å². The minimum Gasteiger partial charge on any atom is -0.333 e. The van der Waals surface area contributed by atoms with Crippen molar-refractivity contribution < 1.29 is 4.79 Å². The number of likely N-dealkylation sites (N-methyl/N-ethyl adjacent to an activating group) is 1. The molecule has 2 rings (SSSR count). The predicted octanol–water partition coefficient (Wildman–Crippen LogP) is 1.12. The summed E-state index contributed by atoms with van der Waals surface area (Å²) in [5.74, 6) is -0.0335. The van der Waals surface area contributed by atoms with E-state index in [1.54, 1.807) is 12.1 Å². The number of hydrogen-bond donors (Lipinski definition) is 0. The molecule has 0 N–H and O–H groups in total. The van der Waals surface area contributed by atoms with Crippen LogP contribution in [0.15, 0.2) is 18.3 Å². The van der Waals surface area contributed by atoms with Gasteiger partial charge < -0.3 is 9.80 Å². The van der Waals surface area contributed by atoms with Gasteiger partial charge in [-0.05, 0) is 39.1 Å². The molecule has 1 amide bonds. The number of aromatic nitrogens is 1. The van der Waals surface area contributed by atoms with E-state index < -0.39 is 0 Å². The van der Waals surface area contributed by atoms with Crippen LogP contribution in [0, 0.1) is 11.3 Å². The Hall–Kier alpha value is -1.93. The molecular weight excluding hydrogens is 240 g/mol. The third kappa shape index (κ3) is 3.09. The predicted molar refractivity (Wildman–Crippen MR) is 71.6 cm³/mol. The maximum absolute atomic E-state index is 12.4. The number of nitriles is 1. The Balaban J connectivity index is 2.11. The summed E-state index contributed by atoms with van der Waals surface area (Å²) in [5.41, 5.74) is 0.896. The topological polar surface area (TPSA) is 60.2 Å². The molecule has 0 spiro atoms. The summed E-state index contributed by atoms with van der Waals surface area (Å²) in [5, 5.41) is 8.73. The summed E-state index contributed by atoms with van der Waals surface area (Å²) >= 11 is 0. The molecule has 100 valence electrons. The van der Waals surface area contributed by atoms with Crippen molar-refractivity contribution in [1.29, 1.82) is 5.26 Å². The van der Waals surface area contributed by atoms with Crippen molar-refractivity contribution in [2.75, 3.05) is 27.2 Å². The zero-order valence-corrected chi connectivity index (χ0v) is 11.3. The number of amides is 1. The van der Waals surface area contributed by atoms with Crippen LogP contribution in [0.1, 0.15) is 28.9 Å². The van der Waals surface area contributed by atoms with Gasteiger partial charge in [-0.25, -0.2) is 4.98 Å². The number of pyridine rings is 1. The van der Waals surface area contributed by atoms with Crippen LogP contribution in [-0.2, 0) is 0 Å². The number of nitrogens with zero attached hydrogens (tertiary/aromatic N) is 4. The van der Waals surface area contributed by atoms with E-state index in [0.29, 0.717) is 11.3 Å². The van der Waals surface area contributed by atoms with Crippen LogP contribution in [0.2, 0.25) is 0 Å². The molecule has 1 atom stereocenters. The van der Waals surface area contributed by atoms with Gasteiger partial charge in [0.2, 0.25) is 0 Å². The van der Waals surface area contributed by atoms with Gasteiger partial charge in [-0.3, -0.25) is 4.79 Å². The van der Waals surface area contributed by atoms with Crippen molar-refractivity contribution in [2.45, 2.75) is 18.9 Å².